The number of piperazine rings is 1. The average molecular weight is 372 g/mol. The third-order valence-corrected chi connectivity index (χ3v) is 4.36. The number of anilines is 3. The number of hydrogen-bond acceptors (Lipinski definition) is 5. The van der Waals surface area contributed by atoms with Gasteiger partial charge in [0, 0.05) is 44.3 Å². The van der Waals surface area contributed by atoms with Crippen molar-refractivity contribution in [2.24, 2.45) is 0 Å². The summed E-state index contributed by atoms with van der Waals surface area (Å²) in [5, 5.41) is 3.30. The number of halogens is 4. The lowest BCUT2D eigenvalue weighted by atomic mass is 10.2. The first-order valence-corrected chi connectivity index (χ1v) is 8.10. The fourth-order valence-electron chi connectivity index (χ4n) is 2.53. The molecule has 1 N–H and O–H groups in total. The molecule has 1 aliphatic rings. The van der Waals surface area contributed by atoms with Gasteiger partial charge in [0.05, 0.1) is 16.3 Å². The summed E-state index contributed by atoms with van der Waals surface area (Å²) in [6.45, 7) is 3.80. The molecule has 0 aliphatic carbocycles. The first-order chi connectivity index (χ1) is 11.8. The van der Waals surface area contributed by atoms with Gasteiger partial charge in [-0.2, -0.15) is 13.2 Å². The van der Waals surface area contributed by atoms with E-state index in [4.69, 9.17) is 11.6 Å². The Bertz CT molecular complexity index is 728. The van der Waals surface area contributed by atoms with Crippen molar-refractivity contribution < 1.29 is 13.2 Å². The summed E-state index contributed by atoms with van der Waals surface area (Å²) in [6, 6.07) is 5.53. The molecule has 0 radical (unpaired) electrons. The molecule has 9 heteroatoms. The number of nitrogens with zero attached hydrogens (tertiary/aromatic N) is 4. The van der Waals surface area contributed by atoms with Crippen LogP contribution in [-0.2, 0) is 6.18 Å². The molecule has 3 rings (SSSR count). The van der Waals surface area contributed by atoms with Crippen LogP contribution in [0.25, 0.3) is 0 Å². The van der Waals surface area contributed by atoms with E-state index in [-0.39, 0.29) is 5.95 Å². The van der Waals surface area contributed by atoms with Gasteiger partial charge >= 0.3 is 6.18 Å². The zero-order valence-electron chi connectivity index (χ0n) is 13.5. The summed E-state index contributed by atoms with van der Waals surface area (Å²) in [4.78, 5) is 11.9. The molecule has 0 spiro atoms. The molecule has 1 aliphatic heterocycles. The van der Waals surface area contributed by atoms with E-state index in [2.05, 4.69) is 32.1 Å². The first kappa shape index (κ1) is 17.8. The molecule has 0 saturated carbocycles. The van der Waals surface area contributed by atoms with Gasteiger partial charge in [-0.1, -0.05) is 11.6 Å². The Labute approximate surface area is 148 Å². The number of hydrogen-bond donors (Lipinski definition) is 1. The van der Waals surface area contributed by atoms with Crippen LogP contribution >= 0.6 is 11.6 Å². The van der Waals surface area contributed by atoms with Gasteiger partial charge in [0.15, 0.2) is 0 Å². The molecule has 0 unspecified atom stereocenters. The molecule has 134 valence electrons. The van der Waals surface area contributed by atoms with Crippen molar-refractivity contribution in [2.45, 2.75) is 6.18 Å². The zero-order valence-corrected chi connectivity index (χ0v) is 14.3. The predicted octanol–water partition coefficient (Wildman–Crippen LogP) is 3.64. The Morgan fingerprint density at radius 2 is 1.72 bits per heavy atom. The molecular formula is C16H17ClF3N5. The van der Waals surface area contributed by atoms with Crippen molar-refractivity contribution in [3.05, 3.63) is 41.2 Å². The van der Waals surface area contributed by atoms with Gasteiger partial charge < -0.3 is 15.1 Å². The summed E-state index contributed by atoms with van der Waals surface area (Å²) in [7, 11) is 2.08. The standard InChI is InChI=1S/C16H17ClF3N5/c1-24-4-6-25(7-5-24)12-2-3-14(13(17)8-12)23-15-21-9-11(10-22-15)16(18,19)20/h2-3,8-10H,4-7H2,1H3,(H,21,22,23). The Morgan fingerprint density at radius 3 is 2.28 bits per heavy atom. The summed E-state index contributed by atoms with van der Waals surface area (Å²) in [5.74, 6) is 0.0576. The van der Waals surface area contributed by atoms with Gasteiger partial charge in [-0.25, -0.2) is 9.97 Å². The maximum atomic E-state index is 12.5. The highest BCUT2D eigenvalue weighted by Gasteiger charge is 2.31. The predicted molar refractivity (Wildman–Crippen MR) is 91.5 cm³/mol. The largest absolute Gasteiger partial charge is 0.419 e. The monoisotopic (exact) mass is 371 g/mol. The van der Waals surface area contributed by atoms with Crippen LogP contribution in [0.15, 0.2) is 30.6 Å². The number of alkyl halides is 3. The van der Waals surface area contributed by atoms with E-state index < -0.39 is 11.7 Å². The first-order valence-electron chi connectivity index (χ1n) is 7.72. The second kappa shape index (κ2) is 7.05. The van der Waals surface area contributed by atoms with Crippen molar-refractivity contribution in [1.82, 2.24) is 14.9 Å². The topological polar surface area (TPSA) is 44.3 Å². The van der Waals surface area contributed by atoms with Crippen molar-refractivity contribution in [2.75, 3.05) is 43.4 Å². The maximum Gasteiger partial charge on any atom is 0.419 e. The Morgan fingerprint density at radius 1 is 1.08 bits per heavy atom. The third kappa shape index (κ3) is 4.32. The summed E-state index contributed by atoms with van der Waals surface area (Å²) < 4.78 is 37.6. The molecular weight excluding hydrogens is 355 g/mol. The summed E-state index contributed by atoms with van der Waals surface area (Å²) in [5.41, 5.74) is 0.658. The number of benzene rings is 1. The zero-order chi connectivity index (χ0) is 18.0. The minimum atomic E-state index is -4.46. The van der Waals surface area contributed by atoms with Crippen LogP contribution in [0, 0.1) is 0 Å². The Kier molecular flexibility index (Phi) is 5.01. The normalized spacial score (nSPS) is 16.1. The molecule has 5 nitrogen and oxygen atoms in total. The Hall–Kier alpha value is -2.06. The van der Waals surface area contributed by atoms with Crippen molar-refractivity contribution in [3.63, 3.8) is 0 Å². The molecule has 1 saturated heterocycles. The fourth-order valence-corrected chi connectivity index (χ4v) is 2.75. The van der Waals surface area contributed by atoms with E-state index in [0.717, 1.165) is 44.3 Å². The molecule has 0 amide bonds. The SMILES string of the molecule is CN1CCN(c2ccc(Nc3ncc(C(F)(F)F)cn3)c(Cl)c2)CC1. The Balaban J connectivity index is 1.71. The molecule has 0 atom stereocenters. The van der Waals surface area contributed by atoms with Crippen LogP contribution in [0.4, 0.5) is 30.5 Å². The van der Waals surface area contributed by atoms with Crippen LogP contribution in [0.5, 0.6) is 0 Å². The van der Waals surface area contributed by atoms with Gasteiger partial charge in [0.2, 0.25) is 5.95 Å². The van der Waals surface area contributed by atoms with E-state index >= 15 is 0 Å². The van der Waals surface area contributed by atoms with E-state index in [9.17, 15) is 13.2 Å². The van der Waals surface area contributed by atoms with Crippen molar-refractivity contribution in [3.8, 4) is 0 Å². The minimum Gasteiger partial charge on any atom is -0.369 e. The van der Waals surface area contributed by atoms with Crippen LogP contribution in [0.1, 0.15) is 5.56 Å². The van der Waals surface area contributed by atoms with Crippen LogP contribution in [0.3, 0.4) is 0 Å². The number of rotatable bonds is 3. The lowest BCUT2D eigenvalue weighted by molar-refractivity contribution is -0.138. The smallest absolute Gasteiger partial charge is 0.369 e. The maximum absolute atomic E-state index is 12.5. The highest BCUT2D eigenvalue weighted by Crippen LogP contribution is 2.31. The van der Waals surface area contributed by atoms with E-state index in [1.165, 1.54) is 0 Å². The lowest BCUT2D eigenvalue weighted by Gasteiger charge is -2.34. The van der Waals surface area contributed by atoms with E-state index in [0.29, 0.717) is 10.7 Å². The van der Waals surface area contributed by atoms with Crippen LogP contribution < -0.4 is 10.2 Å². The number of nitrogens with one attached hydrogen (secondary N) is 1. The quantitative estimate of drug-likeness (QED) is 0.892. The second-order valence-corrected chi connectivity index (χ2v) is 6.28. The van der Waals surface area contributed by atoms with Crippen LogP contribution in [-0.4, -0.2) is 48.1 Å². The summed E-state index contributed by atoms with van der Waals surface area (Å²) in [6.07, 6.45) is -2.98. The molecule has 1 fully saturated rings. The molecule has 25 heavy (non-hydrogen) atoms. The third-order valence-electron chi connectivity index (χ3n) is 4.05. The molecule has 0 bridgehead atoms. The van der Waals surface area contributed by atoms with Gasteiger partial charge in [0.1, 0.15) is 0 Å². The minimum absolute atomic E-state index is 0.0576. The average Bonchev–Trinajstić information content (AvgIpc) is 2.57. The second-order valence-electron chi connectivity index (χ2n) is 5.87. The van der Waals surface area contributed by atoms with Gasteiger partial charge in [-0.15, -0.1) is 0 Å². The van der Waals surface area contributed by atoms with E-state index in [1.54, 1.807) is 6.07 Å². The number of likely N-dealkylation sites (N-methyl/N-ethyl adjacent to an activating group) is 1. The molecule has 2 aromatic rings. The van der Waals surface area contributed by atoms with Gasteiger partial charge in [0.25, 0.3) is 0 Å². The van der Waals surface area contributed by atoms with Crippen molar-refractivity contribution in [1.29, 1.82) is 0 Å². The number of aromatic nitrogens is 2. The van der Waals surface area contributed by atoms with Gasteiger partial charge in [-0.05, 0) is 25.2 Å². The highest BCUT2D eigenvalue weighted by molar-refractivity contribution is 6.33. The highest BCUT2D eigenvalue weighted by atomic mass is 35.5. The van der Waals surface area contributed by atoms with Crippen molar-refractivity contribution >= 4 is 28.9 Å². The summed E-state index contributed by atoms with van der Waals surface area (Å²) >= 11 is 6.30. The molecule has 1 aromatic heterocycles. The molecule has 1 aromatic carbocycles. The van der Waals surface area contributed by atoms with Crippen LogP contribution in [0.2, 0.25) is 5.02 Å². The lowest BCUT2D eigenvalue weighted by Crippen LogP contribution is -2.44. The molecule has 2 heterocycles. The fraction of sp³-hybridized carbons (Fsp3) is 0.375. The van der Waals surface area contributed by atoms with Gasteiger partial charge in [-0.3, -0.25) is 0 Å². The van der Waals surface area contributed by atoms with E-state index in [1.807, 2.05) is 12.1 Å².